The second-order valence-corrected chi connectivity index (χ2v) is 29.6. The number of fused-ring (bicyclic) bond motifs is 5. The molecule has 0 fully saturated rings. The maximum absolute atomic E-state index is 10.6. The minimum absolute atomic E-state index is 0. The molecule has 2 aliphatic carbocycles. The third-order valence-electron chi connectivity index (χ3n) is 19.7. The molecule has 22 rings (SSSR count). The molecule has 0 bridgehead atoms. The molecule has 19 aromatic rings. The molecule has 125 heavy (non-hydrogen) atoms. The molecular formula is C96H67Ir3N22O2S2-4. The number of pyridine rings is 5. The van der Waals surface area contributed by atoms with E-state index in [9.17, 15) is 10.1 Å². The van der Waals surface area contributed by atoms with Gasteiger partial charge in [0, 0.05) is 127 Å². The van der Waals surface area contributed by atoms with E-state index in [0.717, 1.165) is 93.0 Å². The van der Waals surface area contributed by atoms with E-state index in [1.54, 1.807) is 54.6 Å². The summed E-state index contributed by atoms with van der Waals surface area (Å²) < 4.78 is 2.57. The van der Waals surface area contributed by atoms with E-state index in [4.69, 9.17) is 0 Å². The Kier molecular flexibility index (Phi) is 29.9. The number of rotatable bonds is 13. The number of thiophene rings is 2. The largest absolute Gasteiger partial charge is 3.00 e. The van der Waals surface area contributed by atoms with Gasteiger partial charge in [0.05, 0.1) is 0 Å². The molecule has 12 heterocycles. The van der Waals surface area contributed by atoms with Crippen LogP contribution in [0.5, 0.6) is 0 Å². The summed E-state index contributed by atoms with van der Waals surface area (Å²) >= 11 is 3.60. The first-order chi connectivity index (χ1) is 60.2. The van der Waals surface area contributed by atoms with Crippen molar-refractivity contribution in [1.82, 2.24) is 101 Å². The summed E-state index contributed by atoms with van der Waals surface area (Å²) in [6, 6.07) is 93.7. The summed E-state index contributed by atoms with van der Waals surface area (Å²) in [5, 5.41) is 72.7. The van der Waals surface area contributed by atoms with Crippen LogP contribution in [0, 0.1) is 47.1 Å². The monoisotopic (exact) mass is 2200 g/mol. The normalized spacial score (nSPS) is 11.8. The average molecular weight is 2200 g/mol. The van der Waals surface area contributed by atoms with Gasteiger partial charge in [-0.2, -0.15) is 66.8 Å². The van der Waals surface area contributed by atoms with E-state index < -0.39 is 4.92 Å². The predicted octanol–water partition coefficient (Wildman–Crippen LogP) is 19.2. The summed E-state index contributed by atoms with van der Waals surface area (Å²) in [7, 11) is 2.00. The zero-order valence-corrected chi connectivity index (χ0v) is 75.1. The molecule has 0 saturated carbocycles. The number of aromatic nitrogens is 19. The van der Waals surface area contributed by atoms with Crippen LogP contribution in [0.15, 0.2) is 310 Å². The van der Waals surface area contributed by atoms with Gasteiger partial charge < -0.3 is 25.0 Å². The SMILES string of the molecule is CN1C=CN(c2[c-]ccc(-c3ccncc3)c2)[CH-]1.O=[N+]([O-])c1c[c-]c(-c2nnc(-c3ccccc3)nn2)cc1.[Ir+3].[Ir].[Ir].[c-]1ccc2c(c1-c1nnc(-c3cccc4c3CCC4)nn1)CCC2.[c-]1ccc2c(sc3ccc(-c4cccs4)cc32)c1-c1ccccn1.[c-]1ccccc1-c1nnc(-c2ccccn2)nn1.c1cncc(-c2ccnc(-c3ccn[n-]3)c2)c1. The zero-order chi connectivity index (χ0) is 82.6. The Balaban J connectivity index is 0.000000122. The molecular weight excluding hydrogens is 2130 g/mol. The van der Waals surface area contributed by atoms with Gasteiger partial charge in [-0.1, -0.05) is 133 Å². The van der Waals surface area contributed by atoms with E-state index in [1.807, 2.05) is 205 Å². The van der Waals surface area contributed by atoms with Crippen LogP contribution >= 0.6 is 22.7 Å². The molecule has 0 atom stereocenters. The number of nitro groups is 1. The Morgan fingerprint density at radius 3 is 1.81 bits per heavy atom. The maximum atomic E-state index is 10.6. The number of anilines is 1. The fourth-order valence-electron chi connectivity index (χ4n) is 13.8. The van der Waals surface area contributed by atoms with Crippen molar-refractivity contribution in [3.8, 4) is 124 Å². The molecule has 0 unspecified atom stereocenters. The van der Waals surface area contributed by atoms with Crippen LogP contribution < -0.4 is 10.00 Å². The van der Waals surface area contributed by atoms with Crippen molar-refractivity contribution in [3.05, 3.63) is 379 Å². The van der Waals surface area contributed by atoms with Gasteiger partial charge in [0.2, 0.25) is 17.5 Å². The Bertz CT molecular complexity index is 6580. The van der Waals surface area contributed by atoms with E-state index in [-0.39, 0.29) is 71.8 Å². The third-order valence-corrected chi connectivity index (χ3v) is 21.9. The summed E-state index contributed by atoms with van der Waals surface area (Å²) in [6.45, 7) is 2.02. The van der Waals surface area contributed by atoms with E-state index in [2.05, 4.69) is 205 Å². The summed E-state index contributed by atoms with van der Waals surface area (Å²) in [5.74, 6) is 2.77. The Morgan fingerprint density at radius 2 is 1.12 bits per heavy atom. The fourth-order valence-corrected chi connectivity index (χ4v) is 15.7. The first kappa shape index (κ1) is 87.5. The van der Waals surface area contributed by atoms with E-state index in [1.165, 1.54) is 89.5 Å². The molecule has 616 valence electrons. The number of nitrogens with zero attached hydrogens (tertiary/aromatic N) is 22. The first-order valence-corrected chi connectivity index (χ1v) is 40.5. The Morgan fingerprint density at radius 1 is 0.448 bits per heavy atom. The van der Waals surface area contributed by atoms with E-state index in [0.29, 0.717) is 40.4 Å². The van der Waals surface area contributed by atoms with Crippen LogP contribution in [0.2, 0.25) is 0 Å². The van der Waals surface area contributed by atoms with Gasteiger partial charge >= 0.3 is 20.1 Å². The zero-order valence-electron chi connectivity index (χ0n) is 66.2. The molecule has 1 aliphatic heterocycles. The third kappa shape index (κ3) is 21.6. The van der Waals surface area contributed by atoms with Crippen molar-refractivity contribution >= 4 is 54.2 Å². The number of nitro benzene ring substituents is 1. The molecule has 11 aromatic heterocycles. The number of hydrogen-bond acceptors (Lipinski definition) is 24. The molecule has 0 saturated heterocycles. The van der Waals surface area contributed by atoms with Gasteiger partial charge in [-0.25, -0.2) is 0 Å². The van der Waals surface area contributed by atoms with Crippen LogP contribution in [-0.4, -0.2) is 108 Å². The fraction of sp³-hybridized carbons (Fsp3) is 0.0729. The predicted molar refractivity (Wildman–Crippen MR) is 471 cm³/mol. The quantitative estimate of drug-likeness (QED) is 0.0588. The summed E-state index contributed by atoms with van der Waals surface area (Å²) in [5.41, 5.74) is 20.7. The van der Waals surface area contributed by atoms with Crippen LogP contribution in [0.25, 0.3) is 144 Å². The number of hydrogen-bond donors (Lipinski definition) is 0. The molecule has 0 N–H and O–H groups in total. The van der Waals surface area contributed by atoms with Gasteiger partial charge in [-0.3, -0.25) is 30.1 Å². The second kappa shape index (κ2) is 42.8. The van der Waals surface area contributed by atoms with Crippen LogP contribution in [0.1, 0.15) is 35.1 Å². The Labute approximate surface area is 768 Å². The van der Waals surface area contributed by atoms with Crippen molar-refractivity contribution in [2.24, 2.45) is 0 Å². The second-order valence-electron chi connectivity index (χ2n) is 27.6. The summed E-state index contributed by atoms with van der Waals surface area (Å²) in [6.07, 6.45) is 25.0. The molecule has 3 aliphatic rings. The van der Waals surface area contributed by atoms with E-state index >= 15 is 0 Å². The number of aryl methyl sites for hydroxylation is 2. The first-order valence-electron chi connectivity index (χ1n) is 38.8. The topological polar surface area (TPSA) is 296 Å². The number of non-ortho nitro benzene ring substituents is 1. The molecule has 0 amide bonds. The molecule has 24 nitrogen and oxygen atoms in total. The van der Waals surface area contributed by atoms with Gasteiger partial charge in [0.25, 0.3) is 0 Å². The minimum atomic E-state index is -0.490. The molecule has 0 spiro atoms. The van der Waals surface area contributed by atoms with Gasteiger partial charge in [0.1, 0.15) is 23.2 Å². The number of benzene rings is 8. The van der Waals surface area contributed by atoms with Crippen molar-refractivity contribution < 1.29 is 65.2 Å². The summed E-state index contributed by atoms with van der Waals surface area (Å²) in [4.78, 5) is 36.5. The molecule has 8 aromatic carbocycles. The smallest absolute Gasteiger partial charge is 0.574 e. The van der Waals surface area contributed by atoms with Gasteiger partial charge in [0.15, 0.2) is 5.69 Å². The molecule has 2 radical (unpaired) electrons. The minimum Gasteiger partial charge on any atom is -0.574 e. The van der Waals surface area contributed by atoms with Crippen LogP contribution in [0.4, 0.5) is 11.4 Å². The van der Waals surface area contributed by atoms with Gasteiger partial charge in [-0.15, -0.1) is 166 Å². The maximum Gasteiger partial charge on any atom is 3.00 e. The van der Waals surface area contributed by atoms with Gasteiger partial charge in [-0.05, 0) is 161 Å². The van der Waals surface area contributed by atoms with Crippen molar-refractivity contribution in [2.75, 3.05) is 11.9 Å². The van der Waals surface area contributed by atoms with Crippen molar-refractivity contribution in [3.63, 3.8) is 0 Å². The van der Waals surface area contributed by atoms with Crippen molar-refractivity contribution in [2.45, 2.75) is 38.5 Å². The average Bonchev–Trinajstić information content (AvgIpc) is 1.61. The van der Waals surface area contributed by atoms with Crippen molar-refractivity contribution in [1.29, 1.82) is 0 Å². The standard InChI is InChI=1S/C21H12NS2.C20H17N4.C15H13N3.C14H8N5O2.C13H8N5.C13H9N4.3Ir/c1-2-11-22-18(7-1)16-6-3-5-15-17-13-14(19-8-4-12-23-19)9-10-20(17)24-21(15)16;1-5-13-7-3-11-17(15(13)9-1)19-21-23-20(24-22-19)18-12-4-8-14-6-2-10-16(14)18;1-17-9-10-18(12-17)15-4-2-3-14(11-15)13-5-7-16-8-6-13;20-19(21)12-8-6-11(7-9-12)14-17-15-13(16-18-14)10-4-2-1-3-5-10;1-2-6-10(7-3-1)12-15-17-13(18-16-12)11-8-4-5-9-14-11;1-2-11(9-14-5-1)10-3-6-15-13(8-10)12-4-7-16-17-12;;;/h1-5,7-13H;3-4,7-8,11H,1-2,5-6,9-10H2;2-3,5-12H,1H3;1-6,8-9H;1-6,8-9H;1-9H;;;/q2*-1;-2;3*-1;;;+3. The van der Waals surface area contributed by atoms with Crippen LogP contribution in [0.3, 0.4) is 0 Å². The Hall–Kier alpha value is -13.9. The molecule has 29 heteroatoms. The van der Waals surface area contributed by atoms with Crippen LogP contribution in [-0.2, 0) is 86.0 Å².